The monoisotopic (exact) mass is 284 g/mol. The van der Waals surface area contributed by atoms with E-state index < -0.39 is 0 Å². The Hall–Kier alpha value is -0.450. The molecule has 0 aromatic carbocycles. The van der Waals surface area contributed by atoms with Gasteiger partial charge < -0.3 is 5.11 Å². The Balaban J connectivity index is 1.91. The molecule has 0 aliphatic carbocycles. The molecule has 1 aliphatic heterocycles. The number of aliphatic hydroxyl groups excluding tert-OH is 1. The molecule has 1 aliphatic rings. The summed E-state index contributed by atoms with van der Waals surface area (Å²) in [5.41, 5.74) is 1.10. The molecular weight excluding hydrogens is 268 g/mol. The lowest BCUT2D eigenvalue weighted by atomic mass is 9.99. The first-order valence-electron chi connectivity index (χ1n) is 5.71. The number of nitrogens with zero attached hydrogens (tertiary/aromatic N) is 2. The van der Waals surface area contributed by atoms with Crippen LogP contribution in [0.3, 0.4) is 0 Å². The van der Waals surface area contributed by atoms with Gasteiger partial charge in [-0.15, -0.1) is 0 Å². The lowest BCUT2D eigenvalue weighted by Gasteiger charge is -2.31. The maximum Gasteiger partial charge on any atom is 0.0544 e. The van der Waals surface area contributed by atoms with Crippen molar-refractivity contribution >= 4 is 15.9 Å². The number of hydrogen-bond donors (Lipinski definition) is 1. The molecule has 0 spiro atoms. The second-order valence-electron chi connectivity index (χ2n) is 4.39. The fourth-order valence-corrected chi connectivity index (χ4v) is 2.41. The third kappa shape index (κ3) is 3.27. The van der Waals surface area contributed by atoms with Crippen molar-refractivity contribution in [2.24, 2.45) is 5.92 Å². The van der Waals surface area contributed by atoms with Gasteiger partial charge in [0.1, 0.15) is 0 Å². The number of likely N-dealkylation sites (tertiary alicyclic amines) is 1. The van der Waals surface area contributed by atoms with Crippen LogP contribution in [0.5, 0.6) is 0 Å². The molecule has 2 rings (SSSR count). The van der Waals surface area contributed by atoms with E-state index in [1.165, 1.54) is 6.42 Å². The topological polar surface area (TPSA) is 36.4 Å². The minimum absolute atomic E-state index is 0.310. The molecular formula is C12H17BrN2O. The van der Waals surface area contributed by atoms with Crippen molar-refractivity contribution in [2.45, 2.75) is 19.4 Å². The van der Waals surface area contributed by atoms with E-state index in [9.17, 15) is 0 Å². The van der Waals surface area contributed by atoms with Gasteiger partial charge in [0.05, 0.1) is 5.69 Å². The second kappa shape index (κ2) is 5.75. The first kappa shape index (κ1) is 12.0. The highest BCUT2D eigenvalue weighted by Crippen LogP contribution is 2.17. The Morgan fingerprint density at radius 3 is 3.06 bits per heavy atom. The van der Waals surface area contributed by atoms with Crippen molar-refractivity contribution < 1.29 is 5.11 Å². The summed E-state index contributed by atoms with van der Waals surface area (Å²) in [7, 11) is 0. The van der Waals surface area contributed by atoms with Crippen molar-refractivity contribution in [3.05, 3.63) is 28.5 Å². The van der Waals surface area contributed by atoms with E-state index in [1.54, 1.807) is 0 Å². The van der Waals surface area contributed by atoms with Crippen LogP contribution in [0.15, 0.2) is 22.8 Å². The zero-order chi connectivity index (χ0) is 11.4. The van der Waals surface area contributed by atoms with Gasteiger partial charge in [0.2, 0.25) is 0 Å². The SMILES string of the molecule is OCC1CCCN(Cc2ccc(Br)cn2)C1. The standard InChI is InChI=1S/C12H17BrN2O/c13-11-3-4-12(14-6-11)8-15-5-1-2-10(7-15)9-16/h3-4,6,10,16H,1-2,5,7-9H2. The van der Waals surface area contributed by atoms with Crippen molar-refractivity contribution in [3.8, 4) is 0 Å². The van der Waals surface area contributed by atoms with Gasteiger partial charge in [-0.2, -0.15) is 0 Å². The molecule has 1 fully saturated rings. The molecule has 2 heterocycles. The maximum atomic E-state index is 9.16. The molecule has 1 N–H and O–H groups in total. The van der Waals surface area contributed by atoms with Crippen molar-refractivity contribution in [3.63, 3.8) is 0 Å². The van der Waals surface area contributed by atoms with Crippen LogP contribution in [-0.4, -0.2) is 34.7 Å². The van der Waals surface area contributed by atoms with E-state index in [0.717, 1.165) is 36.2 Å². The van der Waals surface area contributed by atoms with Crippen molar-refractivity contribution in [2.75, 3.05) is 19.7 Å². The minimum atomic E-state index is 0.310. The molecule has 0 amide bonds. The number of hydrogen-bond acceptors (Lipinski definition) is 3. The van der Waals surface area contributed by atoms with Crippen LogP contribution in [-0.2, 0) is 6.54 Å². The van der Waals surface area contributed by atoms with Gasteiger partial charge in [-0.25, -0.2) is 0 Å². The summed E-state index contributed by atoms with van der Waals surface area (Å²) >= 11 is 3.38. The zero-order valence-corrected chi connectivity index (χ0v) is 10.9. The molecule has 0 radical (unpaired) electrons. The van der Waals surface area contributed by atoms with E-state index in [-0.39, 0.29) is 0 Å². The second-order valence-corrected chi connectivity index (χ2v) is 5.31. The van der Waals surface area contributed by atoms with E-state index in [2.05, 4.69) is 25.8 Å². The van der Waals surface area contributed by atoms with Crippen LogP contribution in [0.25, 0.3) is 0 Å². The highest BCUT2D eigenvalue weighted by molar-refractivity contribution is 9.10. The first-order chi connectivity index (χ1) is 7.78. The van der Waals surface area contributed by atoms with Gasteiger partial charge >= 0.3 is 0 Å². The quantitative estimate of drug-likeness (QED) is 0.923. The van der Waals surface area contributed by atoms with Gasteiger partial charge in [0.15, 0.2) is 0 Å². The van der Waals surface area contributed by atoms with Gasteiger partial charge in [0.25, 0.3) is 0 Å². The smallest absolute Gasteiger partial charge is 0.0544 e. The molecule has 0 saturated carbocycles. The molecule has 1 atom stereocenters. The molecule has 1 unspecified atom stereocenters. The number of pyridine rings is 1. The minimum Gasteiger partial charge on any atom is -0.396 e. The molecule has 0 bridgehead atoms. The average Bonchev–Trinajstić information content (AvgIpc) is 2.32. The highest BCUT2D eigenvalue weighted by atomic mass is 79.9. The normalized spacial score (nSPS) is 22.2. The summed E-state index contributed by atoms with van der Waals surface area (Å²) < 4.78 is 1.02. The van der Waals surface area contributed by atoms with Gasteiger partial charge in [0, 0.05) is 30.4 Å². The van der Waals surface area contributed by atoms with E-state index in [0.29, 0.717) is 12.5 Å². The number of rotatable bonds is 3. The summed E-state index contributed by atoms with van der Waals surface area (Å²) in [6.45, 7) is 3.32. The van der Waals surface area contributed by atoms with Crippen LogP contribution in [0.2, 0.25) is 0 Å². The van der Waals surface area contributed by atoms with E-state index >= 15 is 0 Å². The molecule has 1 saturated heterocycles. The number of aromatic nitrogens is 1. The molecule has 16 heavy (non-hydrogen) atoms. The molecule has 88 valence electrons. The molecule has 4 heteroatoms. The Kier molecular flexibility index (Phi) is 4.32. The predicted molar refractivity (Wildman–Crippen MR) is 67.0 cm³/mol. The van der Waals surface area contributed by atoms with Crippen LogP contribution >= 0.6 is 15.9 Å². The number of piperidine rings is 1. The average molecular weight is 285 g/mol. The Labute approximate surface area is 105 Å². The first-order valence-corrected chi connectivity index (χ1v) is 6.51. The summed E-state index contributed by atoms with van der Waals surface area (Å²) in [5.74, 6) is 0.448. The van der Waals surface area contributed by atoms with Crippen LogP contribution < -0.4 is 0 Å². The summed E-state index contributed by atoms with van der Waals surface area (Å²) in [6, 6.07) is 4.07. The fraction of sp³-hybridized carbons (Fsp3) is 0.583. The summed E-state index contributed by atoms with van der Waals surface area (Å²) in [5, 5.41) is 9.16. The molecule has 3 nitrogen and oxygen atoms in total. The summed E-state index contributed by atoms with van der Waals surface area (Å²) in [6.07, 6.45) is 4.17. The van der Waals surface area contributed by atoms with Gasteiger partial charge in [-0.3, -0.25) is 9.88 Å². The number of halogens is 1. The Bertz CT molecular complexity index is 328. The Morgan fingerprint density at radius 1 is 1.50 bits per heavy atom. The summed E-state index contributed by atoms with van der Waals surface area (Å²) in [4.78, 5) is 6.75. The molecule has 1 aromatic rings. The van der Waals surface area contributed by atoms with E-state index in [4.69, 9.17) is 5.11 Å². The van der Waals surface area contributed by atoms with Crippen molar-refractivity contribution in [1.82, 2.24) is 9.88 Å². The van der Waals surface area contributed by atoms with Crippen molar-refractivity contribution in [1.29, 1.82) is 0 Å². The Morgan fingerprint density at radius 2 is 2.38 bits per heavy atom. The lowest BCUT2D eigenvalue weighted by molar-refractivity contribution is 0.115. The maximum absolute atomic E-state index is 9.16. The zero-order valence-electron chi connectivity index (χ0n) is 9.27. The predicted octanol–water partition coefficient (Wildman–Crippen LogP) is 2.05. The van der Waals surface area contributed by atoms with Crippen LogP contribution in [0.4, 0.5) is 0 Å². The van der Waals surface area contributed by atoms with Crippen LogP contribution in [0, 0.1) is 5.92 Å². The van der Waals surface area contributed by atoms with E-state index in [1.807, 2.05) is 18.3 Å². The number of aliphatic hydroxyl groups is 1. The highest BCUT2D eigenvalue weighted by Gasteiger charge is 2.19. The lowest BCUT2D eigenvalue weighted by Crippen LogP contribution is -2.36. The third-order valence-corrected chi connectivity index (χ3v) is 3.50. The molecule has 1 aromatic heterocycles. The third-order valence-electron chi connectivity index (χ3n) is 3.04. The van der Waals surface area contributed by atoms with Crippen LogP contribution in [0.1, 0.15) is 18.5 Å². The largest absolute Gasteiger partial charge is 0.396 e. The van der Waals surface area contributed by atoms with Gasteiger partial charge in [-0.05, 0) is 53.4 Å². The fourth-order valence-electron chi connectivity index (χ4n) is 2.17. The van der Waals surface area contributed by atoms with Gasteiger partial charge in [-0.1, -0.05) is 0 Å².